The van der Waals surface area contributed by atoms with Crippen LogP contribution in [0.4, 0.5) is 0 Å². The van der Waals surface area contributed by atoms with Gasteiger partial charge in [-0.1, -0.05) is 18.2 Å². The minimum atomic E-state index is -3.68. The van der Waals surface area contributed by atoms with Gasteiger partial charge in [0.1, 0.15) is 16.4 Å². The minimum Gasteiger partial charge on any atom is -0.496 e. The number of carbonyl (C=O) groups is 1. The molecule has 32 heavy (non-hydrogen) atoms. The third kappa shape index (κ3) is 4.69. The SMILES string of the molecule is COc1ccccc1CN(CC1CCCO1)C(=O)c1cc(S(=O)(=O)N2CCCC2)c(C)o1. The number of rotatable bonds is 8. The monoisotopic (exact) mass is 462 g/mol. The molecule has 2 aliphatic heterocycles. The van der Waals surface area contributed by atoms with Crippen LogP contribution in [0.2, 0.25) is 0 Å². The van der Waals surface area contributed by atoms with E-state index in [2.05, 4.69) is 0 Å². The Morgan fingerprint density at radius 1 is 1.22 bits per heavy atom. The van der Waals surface area contributed by atoms with Crippen molar-refractivity contribution < 1.29 is 27.1 Å². The second-order valence-corrected chi connectivity index (χ2v) is 10.2. The first-order chi connectivity index (χ1) is 15.4. The van der Waals surface area contributed by atoms with E-state index < -0.39 is 10.0 Å². The van der Waals surface area contributed by atoms with E-state index in [9.17, 15) is 13.2 Å². The molecular formula is C23H30N2O6S. The standard InChI is InChI=1S/C23H30N2O6S/c1-17-22(32(27,28)25-11-5-6-12-25)14-21(31-17)23(26)24(16-19-9-7-13-30-19)15-18-8-3-4-10-20(18)29-2/h3-4,8,10,14,19H,5-7,9,11-13,15-16H2,1-2H3. The summed E-state index contributed by atoms with van der Waals surface area (Å²) >= 11 is 0. The van der Waals surface area contributed by atoms with Gasteiger partial charge in [0.25, 0.3) is 5.91 Å². The molecule has 0 saturated carbocycles. The molecule has 2 aliphatic rings. The van der Waals surface area contributed by atoms with Gasteiger partial charge < -0.3 is 18.8 Å². The van der Waals surface area contributed by atoms with Crippen molar-refractivity contribution in [1.82, 2.24) is 9.21 Å². The highest BCUT2D eigenvalue weighted by molar-refractivity contribution is 7.89. The third-order valence-corrected chi connectivity index (χ3v) is 8.06. The van der Waals surface area contributed by atoms with Crippen LogP contribution in [0, 0.1) is 6.92 Å². The zero-order valence-electron chi connectivity index (χ0n) is 18.6. The van der Waals surface area contributed by atoms with Crippen molar-refractivity contribution in [2.45, 2.75) is 50.2 Å². The minimum absolute atomic E-state index is 0.0215. The van der Waals surface area contributed by atoms with Crippen molar-refractivity contribution >= 4 is 15.9 Å². The van der Waals surface area contributed by atoms with Gasteiger partial charge in [-0.25, -0.2) is 8.42 Å². The topological polar surface area (TPSA) is 89.3 Å². The molecule has 9 heteroatoms. The summed E-state index contributed by atoms with van der Waals surface area (Å²) in [5, 5.41) is 0. The van der Waals surface area contributed by atoms with Crippen LogP contribution in [-0.4, -0.2) is 63.0 Å². The number of aryl methyl sites for hydroxylation is 1. The van der Waals surface area contributed by atoms with Gasteiger partial charge >= 0.3 is 0 Å². The number of para-hydroxylation sites is 1. The molecule has 1 unspecified atom stereocenters. The molecule has 1 aromatic carbocycles. The lowest BCUT2D eigenvalue weighted by Crippen LogP contribution is -2.37. The molecule has 0 spiro atoms. The molecule has 0 bridgehead atoms. The van der Waals surface area contributed by atoms with Crippen LogP contribution >= 0.6 is 0 Å². The summed E-state index contributed by atoms with van der Waals surface area (Å²) in [6.07, 6.45) is 3.46. The Morgan fingerprint density at radius 2 is 1.97 bits per heavy atom. The Bertz CT molecular complexity index is 1050. The summed E-state index contributed by atoms with van der Waals surface area (Å²) in [5.41, 5.74) is 0.856. The predicted molar refractivity (Wildman–Crippen MR) is 118 cm³/mol. The van der Waals surface area contributed by atoms with Crippen molar-refractivity contribution in [3.05, 3.63) is 47.4 Å². The summed E-state index contributed by atoms with van der Waals surface area (Å²) in [6, 6.07) is 8.90. The first-order valence-corrected chi connectivity index (χ1v) is 12.5. The lowest BCUT2D eigenvalue weighted by molar-refractivity contribution is 0.0481. The molecule has 0 radical (unpaired) electrons. The smallest absolute Gasteiger partial charge is 0.290 e. The van der Waals surface area contributed by atoms with E-state index in [4.69, 9.17) is 13.9 Å². The molecule has 0 N–H and O–H groups in total. The molecule has 1 atom stereocenters. The van der Waals surface area contributed by atoms with Crippen LogP contribution in [0.1, 0.15) is 47.6 Å². The fraction of sp³-hybridized carbons (Fsp3) is 0.522. The second-order valence-electron chi connectivity index (χ2n) is 8.27. The molecule has 2 aromatic rings. The van der Waals surface area contributed by atoms with Crippen LogP contribution in [0.5, 0.6) is 5.75 Å². The third-order valence-electron chi connectivity index (χ3n) is 6.05. The van der Waals surface area contributed by atoms with Gasteiger partial charge in [0.05, 0.1) is 13.2 Å². The fourth-order valence-electron chi connectivity index (χ4n) is 4.34. The normalized spacial score (nSPS) is 19.4. The van der Waals surface area contributed by atoms with E-state index in [0.717, 1.165) is 31.2 Å². The predicted octanol–water partition coefficient (Wildman–Crippen LogP) is 3.20. The molecule has 0 aliphatic carbocycles. The highest BCUT2D eigenvalue weighted by Gasteiger charge is 2.33. The van der Waals surface area contributed by atoms with E-state index in [1.54, 1.807) is 18.9 Å². The molecule has 8 nitrogen and oxygen atoms in total. The van der Waals surface area contributed by atoms with Gasteiger partial charge in [0, 0.05) is 44.4 Å². The number of carbonyl (C=O) groups excluding carboxylic acids is 1. The van der Waals surface area contributed by atoms with E-state index >= 15 is 0 Å². The van der Waals surface area contributed by atoms with Crippen LogP contribution < -0.4 is 4.74 Å². The largest absolute Gasteiger partial charge is 0.496 e. The maximum atomic E-state index is 13.5. The Hall–Kier alpha value is -2.36. The zero-order chi connectivity index (χ0) is 22.7. The van der Waals surface area contributed by atoms with E-state index in [-0.39, 0.29) is 28.4 Å². The number of hydrogen-bond donors (Lipinski definition) is 0. The van der Waals surface area contributed by atoms with Crippen molar-refractivity contribution in [1.29, 1.82) is 0 Å². The maximum absolute atomic E-state index is 13.5. The zero-order valence-corrected chi connectivity index (χ0v) is 19.4. The maximum Gasteiger partial charge on any atom is 0.290 e. The highest BCUT2D eigenvalue weighted by atomic mass is 32.2. The second kappa shape index (κ2) is 9.64. The average Bonchev–Trinajstić information content (AvgIpc) is 3.55. The summed E-state index contributed by atoms with van der Waals surface area (Å²) in [7, 11) is -2.08. The fourth-order valence-corrected chi connectivity index (χ4v) is 6.02. The number of amides is 1. The average molecular weight is 463 g/mol. The highest BCUT2D eigenvalue weighted by Crippen LogP contribution is 2.28. The first-order valence-electron chi connectivity index (χ1n) is 11.0. The van der Waals surface area contributed by atoms with Gasteiger partial charge in [-0.3, -0.25) is 4.79 Å². The van der Waals surface area contributed by atoms with Crippen LogP contribution in [-0.2, 0) is 21.3 Å². The van der Waals surface area contributed by atoms with Crippen LogP contribution in [0.25, 0.3) is 0 Å². The molecule has 1 amide bonds. The molecule has 1 aromatic heterocycles. The lowest BCUT2D eigenvalue weighted by atomic mass is 10.1. The molecule has 3 heterocycles. The number of hydrogen-bond acceptors (Lipinski definition) is 6. The number of nitrogens with zero attached hydrogens (tertiary/aromatic N) is 2. The van der Waals surface area contributed by atoms with Crippen molar-refractivity contribution in [2.75, 3.05) is 33.4 Å². The van der Waals surface area contributed by atoms with Gasteiger partial charge in [0.2, 0.25) is 10.0 Å². The number of furan rings is 1. The van der Waals surface area contributed by atoms with Crippen molar-refractivity contribution in [3.8, 4) is 5.75 Å². The molecular weight excluding hydrogens is 432 g/mol. The van der Waals surface area contributed by atoms with E-state index in [1.807, 2.05) is 24.3 Å². The van der Waals surface area contributed by atoms with Gasteiger partial charge in [-0.15, -0.1) is 0 Å². The Labute approximate surface area is 189 Å². The summed E-state index contributed by atoms with van der Waals surface area (Å²) in [5.74, 6) is 0.575. The molecule has 4 rings (SSSR count). The van der Waals surface area contributed by atoms with Crippen molar-refractivity contribution in [2.24, 2.45) is 0 Å². The summed E-state index contributed by atoms with van der Waals surface area (Å²) in [4.78, 5) is 15.2. The first kappa shape index (κ1) is 22.8. The quantitative estimate of drug-likeness (QED) is 0.599. The van der Waals surface area contributed by atoms with Gasteiger partial charge in [-0.2, -0.15) is 4.31 Å². The number of ether oxygens (including phenoxy) is 2. The van der Waals surface area contributed by atoms with Crippen LogP contribution in [0.3, 0.4) is 0 Å². The summed E-state index contributed by atoms with van der Waals surface area (Å²) < 4.78 is 44.4. The summed E-state index contributed by atoms with van der Waals surface area (Å²) in [6.45, 7) is 3.95. The van der Waals surface area contributed by atoms with Crippen molar-refractivity contribution in [3.63, 3.8) is 0 Å². The molecule has 174 valence electrons. The number of sulfonamides is 1. The lowest BCUT2D eigenvalue weighted by Gasteiger charge is -2.25. The van der Waals surface area contributed by atoms with E-state index in [1.165, 1.54) is 10.4 Å². The van der Waals surface area contributed by atoms with Gasteiger partial charge in [0.15, 0.2) is 5.76 Å². The Morgan fingerprint density at radius 3 is 2.66 bits per heavy atom. The van der Waals surface area contributed by atoms with Crippen LogP contribution in [0.15, 0.2) is 39.6 Å². The molecule has 2 fully saturated rings. The Balaban J connectivity index is 1.61. The molecule has 2 saturated heterocycles. The number of benzene rings is 1. The van der Waals surface area contributed by atoms with Gasteiger partial charge in [-0.05, 0) is 38.7 Å². The van der Waals surface area contributed by atoms with E-state index in [0.29, 0.717) is 38.5 Å². The number of methoxy groups -OCH3 is 1. The Kier molecular flexibility index (Phi) is 6.88.